The minimum Gasteiger partial charge on any atom is -0.494 e. The van der Waals surface area contributed by atoms with Gasteiger partial charge in [-0.05, 0) is 44.0 Å². The number of hydrogen-bond acceptors (Lipinski definition) is 4. The number of nitrogens with one attached hydrogen (secondary N) is 2. The number of unbranched alkanes of at least 4 members (excludes halogenated alkanes) is 1. The highest BCUT2D eigenvalue weighted by molar-refractivity contribution is 5.79. The van der Waals surface area contributed by atoms with Gasteiger partial charge in [-0.15, -0.1) is 0 Å². The number of oxazole rings is 1. The first-order valence-corrected chi connectivity index (χ1v) is 10.0. The highest BCUT2D eigenvalue weighted by atomic mass is 16.5. The Morgan fingerprint density at radius 1 is 1.00 bits per heavy atom. The summed E-state index contributed by atoms with van der Waals surface area (Å²) in [6.45, 7) is 4.85. The minimum atomic E-state index is 0.461. The van der Waals surface area contributed by atoms with Gasteiger partial charge in [-0.25, -0.2) is 9.98 Å². The lowest BCUT2D eigenvalue weighted by Gasteiger charge is -2.11. The molecule has 0 unspecified atom stereocenters. The summed E-state index contributed by atoms with van der Waals surface area (Å²) >= 11 is 0. The summed E-state index contributed by atoms with van der Waals surface area (Å²) in [6.07, 6.45) is 3.64. The van der Waals surface area contributed by atoms with Crippen LogP contribution < -0.4 is 15.4 Å². The van der Waals surface area contributed by atoms with Gasteiger partial charge in [-0.2, -0.15) is 0 Å². The average Bonchev–Trinajstić information content (AvgIpc) is 3.25. The molecule has 2 aromatic carbocycles. The number of para-hydroxylation sites is 1. The normalized spacial score (nSPS) is 11.3. The van der Waals surface area contributed by atoms with Gasteiger partial charge in [0, 0.05) is 18.7 Å². The first kappa shape index (κ1) is 20.5. The first-order chi connectivity index (χ1) is 14.3. The number of benzene rings is 2. The van der Waals surface area contributed by atoms with Crippen molar-refractivity contribution in [1.82, 2.24) is 15.6 Å². The third-order valence-corrected chi connectivity index (χ3v) is 4.19. The van der Waals surface area contributed by atoms with Crippen LogP contribution in [-0.4, -0.2) is 30.6 Å². The molecule has 1 heterocycles. The molecule has 0 aliphatic carbocycles. The van der Waals surface area contributed by atoms with Gasteiger partial charge in [0.25, 0.3) is 0 Å². The molecule has 6 heteroatoms. The number of guanidine groups is 1. The lowest BCUT2D eigenvalue weighted by molar-refractivity contribution is 0.307. The number of ether oxygens (including phenoxy) is 1. The zero-order valence-electron chi connectivity index (χ0n) is 16.8. The molecular weight excluding hydrogens is 364 g/mol. The number of aliphatic imine (C=N–C) groups is 1. The van der Waals surface area contributed by atoms with E-state index in [1.165, 1.54) is 0 Å². The Kier molecular flexibility index (Phi) is 8.14. The Balaban J connectivity index is 1.41. The molecule has 6 nitrogen and oxygen atoms in total. The molecule has 0 aliphatic rings. The maximum atomic E-state index is 5.71. The second-order valence-corrected chi connectivity index (χ2v) is 6.50. The van der Waals surface area contributed by atoms with Crippen molar-refractivity contribution in [3.8, 4) is 17.2 Å². The fourth-order valence-corrected chi connectivity index (χ4v) is 2.74. The van der Waals surface area contributed by atoms with Crippen LogP contribution in [0.4, 0.5) is 0 Å². The summed E-state index contributed by atoms with van der Waals surface area (Å²) < 4.78 is 11.3. The quantitative estimate of drug-likeness (QED) is 0.306. The zero-order valence-corrected chi connectivity index (χ0v) is 16.8. The Morgan fingerprint density at radius 3 is 2.52 bits per heavy atom. The van der Waals surface area contributed by atoms with Crippen LogP contribution in [0.1, 0.15) is 25.5 Å². The second-order valence-electron chi connectivity index (χ2n) is 6.50. The largest absolute Gasteiger partial charge is 0.494 e. The van der Waals surface area contributed by atoms with Crippen molar-refractivity contribution in [3.05, 3.63) is 72.6 Å². The summed E-state index contributed by atoms with van der Waals surface area (Å²) in [6, 6.07) is 19.8. The average molecular weight is 393 g/mol. The summed E-state index contributed by atoms with van der Waals surface area (Å²) in [4.78, 5) is 9.11. The lowest BCUT2D eigenvalue weighted by atomic mass is 10.2. The lowest BCUT2D eigenvalue weighted by Crippen LogP contribution is -2.37. The van der Waals surface area contributed by atoms with Gasteiger partial charge in [0.1, 0.15) is 17.7 Å². The van der Waals surface area contributed by atoms with Gasteiger partial charge in [0.2, 0.25) is 5.89 Å². The van der Waals surface area contributed by atoms with E-state index < -0.39 is 0 Å². The zero-order chi connectivity index (χ0) is 20.2. The van der Waals surface area contributed by atoms with Crippen LogP contribution in [0.5, 0.6) is 5.75 Å². The predicted octanol–water partition coefficient (Wildman–Crippen LogP) is 4.26. The first-order valence-electron chi connectivity index (χ1n) is 10.0. The van der Waals surface area contributed by atoms with Gasteiger partial charge in [-0.1, -0.05) is 36.4 Å². The van der Waals surface area contributed by atoms with Gasteiger partial charge < -0.3 is 19.8 Å². The van der Waals surface area contributed by atoms with Crippen LogP contribution >= 0.6 is 0 Å². The van der Waals surface area contributed by atoms with E-state index in [0.29, 0.717) is 19.0 Å². The van der Waals surface area contributed by atoms with Gasteiger partial charge >= 0.3 is 0 Å². The Labute approximate surface area is 172 Å². The van der Waals surface area contributed by atoms with E-state index in [-0.39, 0.29) is 0 Å². The molecule has 0 bridgehead atoms. The fourth-order valence-electron chi connectivity index (χ4n) is 2.74. The molecule has 3 rings (SSSR count). The Bertz CT molecular complexity index is 863. The molecule has 0 radical (unpaired) electrons. The highest BCUT2D eigenvalue weighted by Crippen LogP contribution is 2.18. The standard InChI is InChI=1S/C23H28N4O2/c1-2-24-23(25-15-9-10-16-28-21-13-7-4-8-14-21)26-17-20-18-29-22(27-20)19-11-5-3-6-12-19/h3-8,11-14,18H,2,9-10,15-17H2,1H3,(H2,24,25,26). The van der Waals surface area contributed by atoms with Crippen molar-refractivity contribution < 1.29 is 9.15 Å². The van der Waals surface area contributed by atoms with E-state index in [1.54, 1.807) is 6.26 Å². The van der Waals surface area contributed by atoms with Crippen LogP contribution in [0, 0.1) is 0 Å². The summed E-state index contributed by atoms with van der Waals surface area (Å²) in [7, 11) is 0. The number of aromatic nitrogens is 1. The molecule has 0 atom stereocenters. The van der Waals surface area contributed by atoms with E-state index >= 15 is 0 Å². The van der Waals surface area contributed by atoms with Gasteiger partial charge in [0.15, 0.2) is 5.96 Å². The monoisotopic (exact) mass is 392 g/mol. The second kappa shape index (κ2) is 11.5. The molecule has 0 saturated heterocycles. The smallest absolute Gasteiger partial charge is 0.226 e. The molecule has 3 aromatic rings. The molecule has 2 N–H and O–H groups in total. The maximum Gasteiger partial charge on any atom is 0.226 e. The van der Waals surface area contributed by atoms with E-state index in [1.807, 2.05) is 60.7 Å². The Hall–Kier alpha value is -3.28. The van der Waals surface area contributed by atoms with Gasteiger partial charge in [0.05, 0.1) is 13.2 Å². The topological polar surface area (TPSA) is 71.7 Å². The van der Waals surface area contributed by atoms with Crippen LogP contribution in [0.3, 0.4) is 0 Å². The third-order valence-electron chi connectivity index (χ3n) is 4.19. The van der Waals surface area contributed by atoms with Crippen molar-refractivity contribution in [2.24, 2.45) is 4.99 Å². The Morgan fingerprint density at radius 2 is 1.76 bits per heavy atom. The van der Waals surface area contributed by atoms with E-state index in [9.17, 15) is 0 Å². The molecule has 152 valence electrons. The minimum absolute atomic E-state index is 0.461. The van der Waals surface area contributed by atoms with E-state index in [2.05, 4.69) is 27.5 Å². The predicted molar refractivity (Wildman–Crippen MR) is 116 cm³/mol. The maximum absolute atomic E-state index is 5.71. The molecule has 1 aromatic heterocycles. The van der Waals surface area contributed by atoms with Crippen molar-refractivity contribution in [3.63, 3.8) is 0 Å². The number of nitrogens with zero attached hydrogens (tertiary/aromatic N) is 2. The van der Waals surface area contributed by atoms with Crippen molar-refractivity contribution in [2.45, 2.75) is 26.3 Å². The molecule has 0 fully saturated rings. The number of rotatable bonds is 10. The highest BCUT2D eigenvalue weighted by Gasteiger charge is 2.06. The molecule has 0 amide bonds. The van der Waals surface area contributed by atoms with Crippen molar-refractivity contribution in [1.29, 1.82) is 0 Å². The molecular formula is C23H28N4O2. The molecule has 0 spiro atoms. The van der Waals surface area contributed by atoms with Crippen molar-refractivity contribution >= 4 is 5.96 Å². The third kappa shape index (κ3) is 6.99. The van der Waals surface area contributed by atoms with E-state index in [4.69, 9.17) is 9.15 Å². The fraction of sp³-hybridized carbons (Fsp3) is 0.304. The SMILES string of the molecule is CCNC(=NCc1coc(-c2ccccc2)n1)NCCCCOc1ccccc1. The molecule has 0 saturated carbocycles. The van der Waals surface area contributed by atoms with Gasteiger partial charge in [-0.3, -0.25) is 0 Å². The number of hydrogen-bond donors (Lipinski definition) is 2. The molecule has 29 heavy (non-hydrogen) atoms. The summed E-state index contributed by atoms with van der Waals surface area (Å²) in [5.74, 6) is 2.31. The van der Waals surface area contributed by atoms with Crippen molar-refractivity contribution in [2.75, 3.05) is 19.7 Å². The van der Waals surface area contributed by atoms with Crippen LogP contribution in [0.15, 0.2) is 76.3 Å². The van der Waals surface area contributed by atoms with E-state index in [0.717, 1.165) is 48.9 Å². The van der Waals surface area contributed by atoms with Crippen LogP contribution in [0.2, 0.25) is 0 Å². The van der Waals surface area contributed by atoms with Crippen LogP contribution in [0.25, 0.3) is 11.5 Å². The van der Waals surface area contributed by atoms with Crippen LogP contribution in [-0.2, 0) is 6.54 Å². The summed E-state index contributed by atoms with van der Waals surface area (Å²) in [5, 5.41) is 6.61. The molecule has 0 aliphatic heterocycles. The summed E-state index contributed by atoms with van der Waals surface area (Å²) in [5.41, 5.74) is 1.77.